The fourth-order valence-corrected chi connectivity index (χ4v) is 1.76. The summed E-state index contributed by atoms with van der Waals surface area (Å²) in [5.41, 5.74) is 8.02. The van der Waals surface area contributed by atoms with Gasteiger partial charge in [-0.15, -0.1) is 0 Å². The molecule has 0 fully saturated rings. The van der Waals surface area contributed by atoms with Crippen LogP contribution >= 0.6 is 0 Å². The van der Waals surface area contributed by atoms with Gasteiger partial charge in [-0.2, -0.15) is 0 Å². The van der Waals surface area contributed by atoms with Crippen molar-refractivity contribution in [1.29, 1.82) is 0 Å². The molecule has 1 aromatic rings. The van der Waals surface area contributed by atoms with Crippen molar-refractivity contribution in [3.63, 3.8) is 0 Å². The van der Waals surface area contributed by atoms with Crippen molar-refractivity contribution in [2.45, 2.75) is 33.7 Å². The van der Waals surface area contributed by atoms with Gasteiger partial charge in [0.05, 0.1) is 0 Å². The van der Waals surface area contributed by atoms with E-state index in [2.05, 4.69) is 35.9 Å². The number of nitrogens with zero attached hydrogens (tertiary/aromatic N) is 2. The minimum atomic E-state index is 0.0586. The molecule has 2 N–H and O–H groups in total. The first-order valence-electron chi connectivity index (χ1n) is 5.58. The molecule has 0 radical (unpaired) electrons. The largest absolute Gasteiger partial charge is 0.357 e. The first kappa shape index (κ1) is 12.0. The predicted molar refractivity (Wildman–Crippen MR) is 65.1 cm³/mol. The molecule has 0 saturated carbocycles. The van der Waals surface area contributed by atoms with Crippen molar-refractivity contribution in [1.82, 2.24) is 4.98 Å². The van der Waals surface area contributed by atoms with E-state index >= 15 is 0 Å². The van der Waals surface area contributed by atoms with E-state index in [1.54, 1.807) is 0 Å². The molecular weight excluding hydrogens is 186 g/mol. The number of aromatic nitrogens is 1. The molecule has 84 valence electrons. The molecule has 3 heteroatoms. The van der Waals surface area contributed by atoms with Crippen molar-refractivity contribution >= 4 is 5.82 Å². The number of aryl methyl sites for hydroxylation is 1. The molecule has 0 saturated heterocycles. The Morgan fingerprint density at radius 1 is 1.33 bits per heavy atom. The highest BCUT2D eigenvalue weighted by molar-refractivity contribution is 5.42. The second kappa shape index (κ2) is 5.12. The molecular formula is C12H21N3. The van der Waals surface area contributed by atoms with Gasteiger partial charge in [-0.05, 0) is 39.3 Å². The van der Waals surface area contributed by atoms with Crippen molar-refractivity contribution < 1.29 is 0 Å². The maximum absolute atomic E-state index is 5.85. The van der Waals surface area contributed by atoms with Crippen LogP contribution in [0.5, 0.6) is 0 Å². The van der Waals surface area contributed by atoms with E-state index < -0.39 is 0 Å². The molecule has 1 heterocycles. The predicted octanol–water partition coefficient (Wildman–Crippen LogP) is 2.26. The summed E-state index contributed by atoms with van der Waals surface area (Å²) in [4.78, 5) is 6.82. The maximum atomic E-state index is 5.85. The van der Waals surface area contributed by atoms with Gasteiger partial charge in [0.25, 0.3) is 0 Å². The number of hydrogen-bond donors (Lipinski definition) is 1. The second-order valence-corrected chi connectivity index (χ2v) is 3.81. The summed E-state index contributed by atoms with van der Waals surface area (Å²) in [6.07, 6.45) is 0. The highest BCUT2D eigenvalue weighted by Crippen LogP contribution is 2.18. The Morgan fingerprint density at radius 2 is 1.93 bits per heavy atom. The van der Waals surface area contributed by atoms with Crippen LogP contribution in [0.25, 0.3) is 0 Å². The van der Waals surface area contributed by atoms with E-state index in [1.165, 1.54) is 0 Å². The Bertz CT molecular complexity index is 317. The third-order valence-corrected chi connectivity index (χ3v) is 2.69. The highest BCUT2D eigenvalue weighted by Gasteiger charge is 2.08. The Hall–Kier alpha value is -1.09. The smallest absolute Gasteiger partial charge is 0.128 e. The Kier molecular flexibility index (Phi) is 4.09. The standard InChI is InChI=1S/C12H21N3/c1-5-15(6-2)12-8-7-11(9(3)13)10(4)14-12/h7-9H,5-6,13H2,1-4H3. The Labute approximate surface area is 92.3 Å². The third-order valence-electron chi connectivity index (χ3n) is 2.69. The Balaban J connectivity index is 3.00. The van der Waals surface area contributed by atoms with Gasteiger partial charge in [0, 0.05) is 24.8 Å². The quantitative estimate of drug-likeness (QED) is 0.823. The van der Waals surface area contributed by atoms with E-state index in [9.17, 15) is 0 Å². The van der Waals surface area contributed by atoms with Crippen molar-refractivity contribution in [3.8, 4) is 0 Å². The van der Waals surface area contributed by atoms with Crippen LogP contribution in [0.3, 0.4) is 0 Å². The maximum Gasteiger partial charge on any atom is 0.128 e. The van der Waals surface area contributed by atoms with Gasteiger partial charge in [0.2, 0.25) is 0 Å². The lowest BCUT2D eigenvalue weighted by atomic mass is 10.1. The van der Waals surface area contributed by atoms with Gasteiger partial charge in [0.1, 0.15) is 5.82 Å². The van der Waals surface area contributed by atoms with Gasteiger partial charge in [-0.25, -0.2) is 4.98 Å². The molecule has 1 unspecified atom stereocenters. The van der Waals surface area contributed by atoms with Gasteiger partial charge < -0.3 is 10.6 Å². The summed E-state index contributed by atoms with van der Waals surface area (Å²) >= 11 is 0. The number of pyridine rings is 1. The van der Waals surface area contributed by atoms with Crippen LogP contribution in [-0.4, -0.2) is 18.1 Å². The first-order valence-corrected chi connectivity index (χ1v) is 5.58. The van der Waals surface area contributed by atoms with Crippen LogP contribution in [0.4, 0.5) is 5.82 Å². The summed E-state index contributed by atoms with van der Waals surface area (Å²) in [6, 6.07) is 4.20. The van der Waals surface area contributed by atoms with E-state index in [4.69, 9.17) is 5.73 Å². The molecule has 15 heavy (non-hydrogen) atoms. The first-order chi connectivity index (χ1) is 7.10. The molecule has 0 bridgehead atoms. The lowest BCUT2D eigenvalue weighted by molar-refractivity contribution is 0.788. The molecule has 0 aliphatic carbocycles. The molecule has 1 rings (SSSR count). The lowest BCUT2D eigenvalue weighted by Crippen LogP contribution is -2.23. The lowest BCUT2D eigenvalue weighted by Gasteiger charge is -2.21. The fraction of sp³-hybridized carbons (Fsp3) is 0.583. The zero-order chi connectivity index (χ0) is 11.4. The number of anilines is 1. The van der Waals surface area contributed by atoms with Crippen molar-refractivity contribution in [2.24, 2.45) is 5.73 Å². The number of nitrogens with two attached hydrogens (primary N) is 1. The minimum Gasteiger partial charge on any atom is -0.357 e. The van der Waals surface area contributed by atoms with Gasteiger partial charge >= 0.3 is 0 Å². The molecule has 0 aromatic carbocycles. The van der Waals surface area contributed by atoms with Crippen LogP contribution in [0, 0.1) is 6.92 Å². The van der Waals surface area contributed by atoms with Crippen molar-refractivity contribution in [2.75, 3.05) is 18.0 Å². The second-order valence-electron chi connectivity index (χ2n) is 3.81. The van der Waals surface area contributed by atoms with Gasteiger partial charge in [-0.1, -0.05) is 6.07 Å². The monoisotopic (exact) mass is 207 g/mol. The SMILES string of the molecule is CCN(CC)c1ccc(C(C)N)c(C)n1. The van der Waals surface area contributed by atoms with Crippen LogP contribution in [-0.2, 0) is 0 Å². The van der Waals surface area contributed by atoms with E-state index in [0.717, 1.165) is 30.2 Å². The molecule has 3 nitrogen and oxygen atoms in total. The van der Waals surface area contributed by atoms with Gasteiger partial charge in [0.15, 0.2) is 0 Å². The average molecular weight is 207 g/mol. The van der Waals surface area contributed by atoms with Crippen LogP contribution in [0.1, 0.15) is 38.1 Å². The molecule has 1 atom stereocenters. The van der Waals surface area contributed by atoms with Crippen LogP contribution in [0.2, 0.25) is 0 Å². The van der Waals surface area contributed by atoms with Crippen molar-refractivity contribution in [3.05, 3.63) is 23.4 Å². The third kappa shape index (κ3) is 2.69. The summed E-state index contributed by atoms with van der Waals surface area (Å²) in [5.74, 6) is 1.04. The molecule has 0 amide bonds. The molecule has 0 aliphatic heterocycles. The zero-order valence-electron chi connectivity index (χ0n) is 10.1. The summed E-state index contributed by atoms with van der Waals surface area (Å²) < 4.78 is 0. The van der Waals surface area contributed by atoms with E-state index in [1.807, 2.05) is 13.8 Å². The highest BCUT2D eigenvalue weighted by atomic mass is 15.2. The van der Waals surface area contributed by atoms with Crippen LogP contribution in [0.15, 0.2) is 12.1 Å². The van der Waals surface area contributed by atoms with E-state index in [-0.39, 0.29) is 6.04 Å². The molecule has 1 aromatic heterocycles. The zero-order valence-corrected chi connectivity index (χ0v) is 10.1. The normalized spacial score (nSPS) is 12.6. The summed E-state index contributed by atoms with van der Waals surface area (Å²) in [5, 5.41) is 0. The van der Waals surface area contributed by atoms with E-state index in [0.29, 0.717) is 0 Å². The number of rotatable bonds is 4. The number of hydrogen-bond acceptors (Lipinski definition) is 3. The fourth-order valence-electron chi connectivity index (χ4n) is 1.76. The minimum absolute atomic E-state index is 0.0586. The molecule has 0 spiro atoms. The Morgan fingerprint density at radius 3 is 2.33 bits per heavy atom. The van der Waals surface area contributed by atoms with Gasteiger partial charge in [-0.3, -0.25) is 0 Å². The topological polar surface area (TPSA) is 42.1 Å². The van der Waals surface area contributed by atoms with Crippen LogP contribution < -0.4 is 10.6 Å². The average Bonchev–Trinajstić information content (AvgIpc) is 2.19. The summed E-state index contributed by atoms with van der Waals surface area (Å²) in [7, 11) is 0. The summed E-state index contributed by atoms with van der Waals surface area (Å²) in [6.45, 7) is 10.3. The molecule has 0 aliphatic rings.